The molecule has 18 heavy (non-hydrogen) atoms. The Bertz CT molecular complexity index is 389. The summed E-state index contributed by atoms with van der Waals surface area (Å²) in [6.07, 6.45) is 3.11. The molecule has 0 radical (unpaired) electrons. The summed E-state index contributed by atoms with van der Waals surface area (Å²) in [5.74, 6) is 0. The van der Waals surface area contributed by atoms with E-state index >= 15 is 0 Å². The van der Waals surface area contributed by atoms with Gasteiger partial charge in [0.1, 0.15) is 0 Å². The normalized spacial score (nSPS) is 25.5. The van der Waals surface area contributed by atoms with Gasteiger partial charge in [0.2, 0.25) is 0 Å². The highest BCUT2D eigenvalue weighted by atomic mass is 32.1. The summed E-state index contributed by atoms with van der Waals surface area (Å²) in [6, 6.07) is 5.36. The van der Waals surface area contributed by atoms with Gasteiger partial charge in [0.25, 0.3) is 0 Å². The largest absolute Gasteiger partial charge is 0.376 e. The number of thiophene rings is 1. The van der Waals surface area contributed by atoms with Crippen LogP contribution in [0.3, 0.4) is 0 Å². The summed E-state index contributed by atoms with van der Waals surface area (Å²) >= 11 is 1.95. The zero-order chi connectivity index (χ0) is 12.4. The standard InChI is InChI=1S/C14H22N2OS/c1-11-9-16(6-7-17-11)10-14-5-4-13(18-14)8-15-12-2-3-12/h4-5,11-12,15H,2-3,6-10H2,1H3. The maximum Gasteiger partial charge on any atom is 0.0674 e. The fourth-order valence-electron chi connectivity index (χ4n) is 2.39. The summed E-state index contributed by atoms with van der Waals surface area (Å²) in [4.78, 5) is 5.45. The van der Waals surface area contributed by atoms with Gasteiger partial charge in [0, 0.05) is 42.0 Å². The minimum atomic E-state index is 0.384. The van der Waals surface area contributed by atoms with Crippen LogP contribution in [0.15, 0.2) is 12.1 Å². The first-order valence-corrected chi connectivity index (χ1v) is 7.76. The average Bonchev–Trinajstić information content (AvgIpc) is 3.08. The zero-order valence-electron chi connectivity index (χ0n) is 11.0. The van der Waals surface area contributed by atoms with Crippen molar-refractivity contribution in [1.82, 2.24) is 10.2 Å². The minimum Gasteiger partial charge on any atom is -0.376 e. The van der Waals surface area contributed by atoms with Crippen molar-refractivity contribution in [2.24, 2.45) is 0 Å². The molecule has 2 heterocycles. The third-order valence-corrected chi connectivity index (χ3v) is 4.63. The maximum atomic E-state index is 5.57. The Balaban J connectivity index is 1.49. The van der Waals surface area contributed by atoms with Crippen LogP contribution in [0.25, 0.3) is 0 Å². The van der Waals surface area contributed by atoms with Gasteiger partial charge in [-0.05, 0) is 31.9 Å². The van der Waals surface area contributed by atoms with Gasteiger partial charge in [-0.2, -0.15) is 0 Å². The number of rotatable bonds is 5. The molecule has 0 amide bonds. The van der Waals surface area contributed by atoms with E-state index in [1.165, 1.54) is 22.6 Å². The van der Waals surface area contributed by atoms with E-state index in [1.54, 1.807) is 0 Å². The Kier molecular flexibility index (Phi) is 3.99. The number of hydrogen-bond donors (Lipinski definition) is 1. The van der Waals surface area contributed by atoms with E-state index in [0.29, 0.717) is 6.10 Å². The molecule has 1 atom stereocenters. The molecule has 0 bridgehead atoms. The molecule has 1 saturated carbocycles. The first-order chi connectivity index (χ1) is 8.79. The molecule has 4 heteroatoms. The summed E-state index contributed by atoms with van der Waals surface area (Å²) in [5, 5.41) is 3.57. The maximum absolute atomic E-state index is 5.57. The Labute approximate surface area is 113 Å². The minimum absolute atomic E-state index is 0.384. The van der Waals surface area contributed by atoms with E-state index in [2.05, 4.69) is 29.3 Å². The van der Waals surface area contributed by atoms with Crippen LogP contribution >= 0.6 is 11.3 Å². The molecule has 1 aromatic heterocycles. The topological polar surface area (TPSA) is 24.5 Å². The van der Waals surface area contributed by atoms with Gasteiger partial charge in [-0.15, -0.1) is 11.3 Å². The van der Waals surface area contributed by atoms with E-state index in [4.69, 9.17) is 4.74 Å². The van der Waals surface area contributed by atoms with Crippen LogP contribution in [-0.4, -0.2) is 36.7 Å². The molecule has 1 aromatic rings. The highest BCUT2D eigenvalue weighted by molar-refractivity contribution is 7.11. The Hall–Kier alpha value is -0.420. The van der Waals surface area contributed by atoms with Crippen molar-refractivity contribution in [3.8, 4) is 0 Å². The number of hydrogen-bond acceptors (Lipinski definition) is 4. The lowest BCUT2D eigenvalue weighted by Crippen LogP contribution is -2.40. The van der Waals surface area contributed by atoms with Crippen LogP contribution in [0.1, 0.15) is 29.5 Å². The van der Waals surface area contributed by atoms with Crippen LogP contribution in [0.4, 0.5) is 0 Å². The van der Waals surface area contributed by atoms with Crippen molar-refractivity contribution in [3.63, 3.8) is 0 Å². The Morgan fingerprint density at radius 1 is 1.39 bits per heavy atom. The summed E-state index contributed by atoms with van der Waals surface area (Å²) < 4.78 is 5.57. The van der Waals surface area contributed by atoms with Crippen LogP contribution in [0.2, 0.25) is 0 Å². The van der Waals surface area contributed by atoms with E-state index in [9.17, 15) is 0 Å². The predicted molar refractivity (Wildman–Crippen MR) is 74.9 cm³/mol. The fourth-order valence-corrected chi connectivity index (χ4v) is 3.40. The van der Waals surface area contributed by atoms with Gasteiger partial charge < -0.3 is 10.1 Å². The quantitative estimate of drug-likeness (QED) is 0.884. The lowest BCUT2D eigenvalue weighted by atomic mass is 10.3. The second-order valence-corrected chi connectivity index (χ2v) is 6.69. The molecular formula is C14H22N2OS. The molecular weight excluding hydrogens is 244 g/mol. The third kappa shape index (κ3) is 3.54. The molecule has 1 N–H and O–H groups in total. The van der Waals surface area contributed by atoms with Crippen molar-refractivity contribution in [3.05, 3.63) is 21.9 Å². The first kappa shape index (κ1) is 12.6. The molecule has 1 aliphatic carbocycles. The first-order valence-electron chi connectivity index (χ1n) is 6.94. The molecule has 1 aliphatic heterocycles. The lowest BCUT2D eigenvalue weighted by Gasteiger charge is -2.30. The zero-order valence-corrected chi connectivity index (χ0v) is 11.8. The van der Waals surface area contributed by atoms with E-state index < -0.39 is 0 Å². The molecule has 2 fully saturated rings. The molecule has 3 rings (SSSR count). The fraction of sp³-hybridized carbons (Fsp3) is 0.714. The molecule has 1 unspecified atom stereocenters. The third-order valence-electron chi connectivity index (χ3n) is 3.56. The smallest absolute Gasteiger partial charge is 0.0674 e. The molecule has 2 aliphatic rings. The Morgan fingerprint density at radius 3 is 3.00 bits per heavy atom. The second-order valence-electron chi connectivity index (χ2n) is 5.44. The predicted octanol–water partition coefficient (Wildman–Crippen LogP) is 2.22. The monoisotopic (exact) mass is 266 g/mol. The highest BCUT2D eigenvalue weighted by Gasteiger charge is 2.20. The SMILES string of the molecule is CC1CN(Cc2ccc(CNC3CC3)s2)CCO1. The van der Waals surface area contributed by atoms with Crippen molar-refractivity contribution in [2.75, 3.05) is 19.7 Å². The second kappa shape index (κ2) is 5.70. The average molecular weight is 266 g/mol. The summed E-state index contributed by atoms with van der Waals surface area (Å²) in [5.41, 5.74) is 0. The van der Waals surface area contributed by atoms with Crippen molar-refractivity contribution < 1.29 is 4.74 Å². The van der Waals surface area contributed by atoms with Gasteiger partial charge in [-0.3, -0.25) is 4.90 Å². The summed E-state index contributed by atoms with van der Waals surface area (Å²) in [6.45, 7) is 7.30. The molecule has 0 aromatic carbocycles. The number of nitrogens with zero attached hydrogens (tertiary/aromatic N) is 1. The number of morpholine rings is 1. The van der Waals surface area contributed by atoms with Crippen LogP contribution in [-0.2, 0) is 17.8 Å². The van der Waals surface area contributed by atoms with E-state index in [1.807, 2.05) is 11.3 Å². The van der Waals surface area contributed by atoms with Crippen molar-refractivity contribution in [1.29, 1.82) is 0 Å². The molecule has 1 saturated heterocycles. The highest BCUT2D eigenvalue weighted by Crippen LogP contribution is 2.22. The summed E-state index contributed by atoms with van der Waals surface area (Å²) in [7, 11) is 0. The van der Waals surface area contributed by atoms with E-state index in [0.717, 1.165) is 38.8 Å². The number of nitrogens with one attached hydrogen (secondary N) is 1. The van der Waals surface area contributed by atoms with Gasteiger partial charge in [0.15, 0.2) is 0 Å². The van der Waals surface area contributed by atoms with Crippen molar-refractivity contribution in [2.45, 2.75) is 45.0 Å². The van der Waals surface area contributed by atoms with Gasteiger partial charge in [-0.25, -0.2) is 0 Å². The Morgan fingerprint density at radius 2 is 2.22 bits per heavy atom. The van der Waals surface area contributed by atoms with Crippen LogP contribution < -0.4 is 5.32 Å². The molecule has 0 spiro atoms. The molecule has 3 nitrogen and oxygen atoms in total. The van der Waals surface area contributed by atoms with Gasteiger partial charge >= 0.3 is 0 Å². The van der Waals surface area contributed by atoms with Crippen molar-refractivity contribution >= 4 is 11.3 Å². The molecule has 100 valence electrons. The van der Waals surface area contributed by atoms with Crippen LogP contribution in [0.5, 0.6) is 0 Å². The van der Waals surface area contributed by atoms with Crippen LogP contribution in [0, 0.1) is 0 Å². The lowest BCUT2D eigenvalue weighted by molar-refractivity contribution is -0.0208. The van der Waals surface area contributed by atoms with Gasteiger partial charge in [0.05, 0.1) is 12.7 Å². The van der Waals surface area contributed by atoms with E-state index in [-0.39, 0.29) is 0 Å². The van der Waals surface area contributed by atoms with Gasteiger partial charge in [-0.1, -0.05) is 0 Å². The number of ether oxygens (including phenoxy) is 1.